The van der Waals surface area contributed by atoms with Gasteiger partial charge in [-0.1, -0.05) is 164 Å². The summed E-state index contributed by atoms with van der Waals surface area (Å²) >= 11 is 1.90. The van der Waals surface area contributed by atoms with Gasteiger partial charge in [-0.25, -0.2) is 0 Å². The zero-order valence-electron chi connectivity index (χ0n) is 24.7. The highest BCUT2D eigenvalue weighted by Crippen LogP contribution is 2.51. The van der Waals surface area contributed by atoms with Gasteiger partial charge in [0.1, 0.15) is 0 Å². The molecule has 0 aliphatic carbocycles. The zero-order chi connectivity index (χ0) is 30.0. The molecular formula is C44H30S. The van der Waals surface area contributed by atoms with Gasteiger partial charge < -0.3 is 0 Å². The molecule has 45 heavy (non-hydrogen) atoms. The van der Waals surface area contributed by atoms with Crippen molar-refractivity contribution in [3.05, 3.63) is 182 Å². The fraction of sp³-hybridized carbons (Fsp3) is 0. The van der Waals surface area contributed by atoms with Crippen molar-refractivity contribution in [1.82, 2.24) is 0 Å². The molecule has 0 fully saturated rings. The van der Waals surface area contributed by atoms with E-state index in [1.165, 1.54) is 76.2 Å². The molecule has 1 heterocycles. The van der Waals surface area contributed by atoms with E-state index in [4.69, 9.17) is 0 Å². The van der Waals surface area contributed by atoms with Crippen LogP contribution in [0.3, 0.4) is 0 Å². The first-order valence-corrected chi connectivity index (χ1v) is 16.2. The second-order valence-corrected chi connectivity index (χ2v) is 12.3. The Bertz CT molecular complexity index is 2170. The fourth-order valence-corrected chi connectivity index (χ4v) is 7.68. The summed E-state index contributed by atoms with van der Waals surface area (Å²) in [6.45, 7) is 0. The Morgan fingerprint density at radius 2 is 0.667 bits per heavy atom. The predicted octanol–water partition coefficient (Wildman–Crippen LogP) is 12.9. The van der Waals surface area contributed by atoms with Crippen LogP contribution in [-0.4, -0.2) is 0 Å². The van der Waals surface area contributed by atoms with E-state index >= 15 is 0 Å². The molecule has 0 N–H and O–H groups in total. The Hall–Kier alpha value is -5.50. The number of hydrogen-bond acceptors (Lipinski definition) is 1. The molecular weight excluding hydrogens is 561 g/mol. The molecule has 212 valence electrons. The Morgan fingerprint density at radius 3 is 1.20 bits per heavy atom. The standard InChI is InChI=1S/C44H30S/c1-5-16-31(17-6-1)35-24-15-25-36(28-35)43-38-26-13-14-27-39(38)44(45-43)42-40(33-20-9-3-10-21-33)29-37(32-18-7-2-8-19-32)30-41(42)34-22-11-4-12-23-34/h1-30H. The number of rotatable bonds is 6. The van der Waals surface area contributed by atoms with Crippen molar-refractivity contribution in [3.8, 4) is 65.4 Å². The summed E-state index contributed by atoms with van der Waals surface area (Å²) in [7, 11) is 0. The quantitative estimate of drug-likeness (QED) is 0.181. The van der Waals surface area contributed by atoms with Crippen LogP contribution in [-0.2, 0) is 0 Å². The first-order chi connectivity index (χ1) is 22.3. The van der Waals surface area contributed by atoms with E-state index < -0.39 is 0 Å². The lowest BCUT2D eigenvalue weighted by Gasteiger charge is -2.18. The van der Waals surface area contributed by atoms with E-state index in [-0.39, 0.29) is 0 Å². The maximum atomic E-state index is 2.39. The Labute approximate surface area is 268 Å². The first kappa shape index (κ1) is 27.1. The van der Waals surface area contributed by atoms with Gasteiger partial charge in [-0.05, 0) is 68.3 Å². The Balaban J connectivity index is 1.43. The molecule has 0 amide bonds. The van der Waals surface area contributed by atoms with Crippen molar-refractivity contribution < 1.29 is 0 Å². The maximum absolute atomic E-state index is 2.39. The Morgan fingerprint density at radius 1 is 0.267 bits per heavy atom. The maximum Gasteiger partial charge on any atom is 0.0440 e. The van der Waals surface area contributed by atoms with E-state index in [9.17, 15) is 0 Å². The van der Waals surface area contributed by atoms with E-state index in [1.54, 1.807) is 0 Å². The van der Waals surface area contributed by atoms with Gasteiger partial charge in [0, 0.05) is 26.1 Å². The van der Waals surface area contributed by atoms with Crippen LogP contribution in [0.2, 0.25) is 0 Å². The van der Waals surface area contributed by atoms with Crippen LogP contribution in [0.4, 0.5) is 0 Å². The summed E-state index contributed by atoms with van der Waals surface area (Å²) in [6, 6.07) is 65.8. The molecule has 0 aliphatic rings. The molecule has 0 aliphatic heterocycles. The number of benzene rings is 7. The van der Waals surface area contributed by atoms with E-state index in [1.807, 2.05) is 11.3 Å². The van der Waals surface area contributed by atoms with Crippen LogP contribution in [0, 0.1) is 0 Å². The lowest BCUT2D eigenvalue weighted by molar-refractivity contribution is 1.57. The molecule has 0 atom stereocenters. The van der Waals surface area contributed by atoms with Crippen molar-refractivity contribution in [3.63, 3.8) is 0 Å². The minimum absolute atomic E-state index is 1.22. The van der Waals surface area contributed by atoms with E-state index in [0.717, 1.165) is 0 Å². The molecule has 0 unspecified atom stereocenters. The second kappa shape index (κ2) is 11.9. The van der Waals surface area contributed by atoms with E-state index in [0.29, 0.717) is 0 Å². The smallest absolute Gasteiger partial charge is 0.0440 e. The number of thiophene rings is 1. The van der Waals surface area contributed by atoms with E-state index in [2.05, 4.69) is 182 Å². The van der Waals surface area contributed by atoms with Crippen LogP contribution in [0.25, 0.3) is 76.2 Å². The minimum atomic E-state index is 1.22. The molecule has 1 aromatic heterocycles. The topological polar surface area (TPSA) is 0 Å². The van der Waals surface area contributed by atoms with Crippen molar-refractivity contribution >= 4 is 22.1 Å². The SMILES string of the molecule is c1ccc(-c2cccc(-c3sc(-c4c(-c5ccccc5)cc(-c5ccccc5)cc4-c4ccccc4)c4ccccc34)c2)cc1. The molecule has 0 saturated heterocycles. The van der Waals surface area contributed by atoms with Gasteiger partial charge in [0.2, 0.25) is 0 Å². The highest BCUT2D eigenvalue weighted by Gasteiger charge is 2.22. The van der Waals surface area contributed by atoms with Crippen molar-refractivity contribution in [1.29, 1.82) is 0 Å². The second-order valence-electron chi connectivity index (χ2n) is 11.3. The van der Waals surface area contributed by atoms with Gasteiger partial charge in [0.15, 0.2) is 0 Å². The lowest BCUT2D eigenvalue weighted by Crippen LogP contribution is -1.92. The molecule has 0 radical (unpaired) electrons. The average Bonchev–Trinajstić information content (AvgIpc) is 3.52. The zero-order valence-corrected chi connectivity index (χ0v) is 25.5. The third-order valence-corrected chi connectivity index (χ3v) is 9.78. The predicted molar refractivity (Wildman–Crippen MR) is 194 cm³/mol. The lowest BCUT2D eigenvalue weighted by atomic mass is 9.86. The summed E-state index contributed by atoms with van der Waals surface area (Å²) < 4.78 is 0. The van der Waals surface area contributed by atoms with Gasteiger partial charge in [-0.15, -0.1) is 11.3 Å². The number of fused-ring (bicyclic) bond motifs is 1. The molecule has 7 aromatic carbocycles. The third kappa shape index (κ3) is 5.18. The van der Waals surface area contributed by atoms with Crippen molar-refractivity contribution in [2.75, 3.05) is 0 Å². The summed E-state index contributed by atoms with van der Waals surface area (Å²) in [5.74, 6) is 0. The molecule has 0 saturated carbocycles. The number of hydrogen-bond donors (Lipinski definition) is 0. The normalized spacial score (nSPS) is 11.1. The van der Waals surface area contributed by atoms with Gasteiger partial charge in [0.25, 0.3) is 0 Å². The minimum Gasteiger partial charge on any atom is -0.134 e. The van der Waals surface area contributed by atoms with Gasteiger partial charge >= 0.3 is 0 Å². The Kier molecular flexibility index (Phi) is 7.15. The van der Waals surface area contributed by atoms with Crippen LogP contribution in [0.15, 0.2) is 182 Å². The highest BCUT2D eigenvalue weighted by atomic mass is 32.1. The van der Waals surface area contributed by atoms with Gasteiger partial charge in [-0.2, -0.15) is 0 Å². The van der Waals surface area contributed by atoms with Crippen molar-refractivity contribution in [2.24, 2.45) is 0 Å². The van der Waals surface area contributed by atoms with Gasteiger partial charge in [-0.3, -0.25) is 0 Å². The average molecular weight is 591 g/mol. The first-order valence-electron chi connectivity index (χ1n) is 15.4. The molecule has 0 bridgehead atoms. The van der Waals surface area contributed by atoms with Crippen LogP contribution in [0.1, 0.15) is 0 Å². The highest BCUT2D eigenvalue weighted by molar-refractivity contribution is 7.21. The van der Waals surface area contributed by atoms with Crippen LogP contribution in [0.5, 0.6) is 0 Å². The molecule has 8 aromatic rings. The summed E-state index contributed by atoms with van der Waals surface area (Å²) in [5.41, 5.74) is 12.3. The molecule has 1 heteroatoms. The summed E-state index contributed by atoms with van der Waals surface area (Å²) in [4.78, 5) is 2.59. The molecule has 8 rings (SSSR count). The van der Waals surface area contributed by atoms with Gasteiger partial charge in [0.05, 0.1) is 0 Å². The summed E-state index contributed by atoms with van der Waals surface area (Å²) in [5, 5.41) is 2.57. The fourth-order valence-electron chi connectivity index (χ4n) is 6.34. The third-order valence-electron chi connectivity index (χ3n) is 8.49. The van der Waals surface area contributed by atoms with Crippen molar-refractivity contribution in [2.45, 2.75) is 0 Å². The largest absolute Gasteiger partial charge is 0.134 e. The molecule has 0 spiro atoms. The molecule has 0 nitrogen and oxygen atoms in total. The van der Waals surface area contributed by atoms with Crippen LogP contribution < -0.4 is 0 Å². The monoisotopic (exact) mass is 590 g/mol. The summed E-state index contributed by atoms with van der Waals surface area (Å²) in [6.07, 6.45) is 0. The van der Waals surface area contributed by atoms with Crippen LogP contribution >= 0.6 is 11.3 Å².